The van der Waals surface area contributed by atoms with Crippen LogP contribution in [0.4, 0.5) is 5.82 Å². The van der Waals surface area contributed by atoms with Crippen molar-refractivity contribution < 1.29 is 9.90 Å². The van der Waals surface area contributed by atoms with Gasteiger partial charge in [-0.05, 0) is 37.0 Å². The lowest BCUT2D eigenvalue weighted by Crippen LogP contribution is -2.44. The van der Waals surface area contributed by atoms with E-state index in [1.807, 2.05) is 42.5 Å². The van der Waals surface area contributed by atoms with Crippen molar-refractivity contribution >= 4 is 11.7 Å². The minimum Gasteiger partial charge on any atom is -0.385 e. The summed E-state index contributed by atoms with van der Waals surface area (Å²) in [5, 5.41) is 14.1. The molecule has 7 heteroatoms. The molecule has 4 heterocycles. The molecule has 0 radical (unpaired) electrons. The molecule has 2 aliphatic rings. The number of nitrogens with one attached hydrogen (secondary N) is 1. The van der Waals surface area contributed by atoms with Crippen molar-refractivity contribution in [3.8, 4) is 11.4 Å². The number of carbonyl (C=O) groups is 1. The normalized spacial score (nSPS) is 17.9. The zero-order chi connectivity index (χ0) is 20.6. The van der Waals surface area contributed by atoms with Crippen molar-refractivity contribution in [2.75, 3.05) is 24.5 Å². The number of benzene rings is 1. The highest BCUT2D eigenvalue weighted by atomic mass is 16.3. The second-order valence-electron chi connectivity index (χ2n) is 7.83. The number of hydrogen-bond donors (Lipinski definition) is 2. The fourth-order valence-electron chi connectivity index (χ4n) is 4.29. The number of aromatic nitrogens is 3. The molecule has 0 aliphatic carbocycles. The first-order valence-electron chi connectivity index (χ1n) is 10.3. The lowest BCUT2D eigenvalue weighted by atomic mass is 9.84. The van der Waals surface area contributed by atoms with Gasteiger partial charge in [0.25, 0.3) is 5.91 Å². The Morgan fingerprint density at radius 3 is 2.57 bits per heavy atom. The van der Waals surface area contributed by atoms with Gasteiger partial charge in [0.2, 0.25) is 0 Å². The van der Waals surface area contributed by atoms with Gasteiger partial charge < -0.3 is 15.3 Å². The van der Waals surface area contributed by atoms with Gasteiger partial charge in [-0.1, -0.05) is 30.3 Å². The van der Waals surface area contributed by atoms with E-state index < -0.39 is 5.60 Å². The Morgan fingerprint density at radius 1 is 1.03 bits per heavy atom. The van der Waals surface area contributed by atoms with E-state index in [2.05, 4.69) is 20.2 Å². The van der Waals surface area contributed by atoms with Gasteiger partial charge >= 0.3 is 0 Å². The molecule has 0 saturated carbocycles. The Hall–Kier alpha value is -3.32. The standard InChI is InChI=1S/C23H23N5O2/c29-22-19-18(8-12-25-22)21(27-20(26-19)16-5-4-11-24-15-16)28-13-9-23(30,10-14-28)17-6-2-1-3-7-17/h1-7,11,15,30H,8-10,12-14H2,(H,25,29). The van der Waals surface area contributed by atoms with E-state index in [0.717, 1.165) is 22.5 Å². The molecule has 0 spiro atoms. The van der Waals surface area contributed by atoms with Crippen LogP contribution in [0.15, 0.2) is 54.9 Å². The van der Waals surface area contributed by atoms with Crippen molar-refractivity contribution in [2.24, 2.45) is 0 Å². The molecule has 2 aromatic heterocycles. The number of hydrogen-bond acceptors (Lipinski definition) is 6. The van der Waals surface area contributed by atoms with E-state index in [1.165, 1.54) is 0 Å². The van der Waals surface area contributed by atoms with Crippen LogP contribution in [0.3, 0.4) is 0 Å². The molecule has 3 aromatic rings. The van der Waals surface area contributed by atoms with Gasteiger partial charge in [0.15, 0.2) is 5.82 Å². The number of aliphatic hydroxyl groups is 1. The van der Waals surface area contributed by atoms with Gasteiger partial charge in [-0.25, -0.2) is 9.97 Å². The Kier molecular flexibility index (Phi) is 4.67. The molecule has 2 aliphatic heterocycles. The van der Waals surface area contributed by atoms with E-state index in [1.54, 1.807) is 12.4 Å². The first-order valence-corrected chi connectivity index (χ1v) is 10.3. The molecule has 30 heavy (non-hydrogen) atoms. The number of rotatable bonds is 3. The highest BCUT2D eigenvalue weighted by Gasteiger charge is 2.36. The van der Waals surface area contributed by atoms with Crippen LogP contribution >= 0.6 is 0 Å². The Bertz CT molecular complexity index is 1060. The molecule has 0 unspecified atom stereocenters. The molecule has 5 rings (SSSR count). The molecule has 152 valence electrons. The van der Waals surface area contributed by atoms with Gasteiger partial charge in [0, 0.05) is 43.2 Å². The lowest BCUT2D eigenvalue weighted by molar-refractivity contribution is 0.0116. The van der Waals surface area contributed by atoms with E-state index in [9.17, 15) is 9.90 Å². The quantitative estimate of drug-likeness (QED) is 0.700. The van der Waals surface area contributed by atoms with Crippen molar-refractivity contribution in [3.63, 3.8) is 0 Å². The summed E-state index contributed by atoms with van der Waals surface area (Å²) in [7, 11) is 0. The summed E-state index contributed by atoms with van der Waals surface area (Å²) in [5.74, 6) is 1.13. The van der Waals surface area contributed by atoms with Crippen LogP contribution in [-0.2, 0) is 12.0 Å². The fourth-order valence-corrected chi connectivity index (χ4v) is 4.29. The molecule has 1 amide bonds. The van der Waals surface area contributed by atoms with Gasteiger partial charge in [-0.15, -0.1) is 0 Å². The number of fused-ring (bicyclic) bond motifs is 1. The summed E-state index contributed by atoms with van der Waals surface area (Å²) >= 11 is 0. The van der Waals surface area contributed by atoms with Crippen LogP contribution in [0.2, 0.25) is 0 Å². The summed E-state index contributed by atoms with van der Waals surface area (Å²) in [4.78, 5) is 28.3. The van der Waals surface area contributed by atoms with Crippen LogP contribution in [0.1, 0.15) is 34.5 Å². The smallest absolute Gasteiger partial charge is 0.270 e. The molecule has 0 bridgehead atoms. The van der Waals surface area contributed by atoms with Crippen LogP contribution in [0.5, 0.6) is 0 Å². The SMILES string of the molecule is O=C1NCCc2c1nc(-c1cccnc1)nc2N1CCC(O)(c2ccccc2)CC1. The predicted molar refractivity (Wildman–Crippen MR) is 113 cm³/mol. The summed E-state index contributed by atoms with van der Waals surface area (Å²) < 4.78 is 0. The highest BCUT2D eigenvalue weighted by Crippen LogP contribution is 2.36. The van der Waals surface area contributed by atoms with Crippen molar-refractivity contribution in [1.29, 1.82) is 0 Å². The van der Waals surface area contributed by atoms with Gasteiger partial charge in [0.1, 0.15) is 11.5 Å². The third kappa shape index (κ3) is 3.31. The van der Waals surface area contributed by atoms with Crippen molar-refractivity contribution in [2.45, 2.75) is 24.9 Å². The molecule has 1 fully saturated rings. The predicted octanol–water partition coefficient (Wildman–Crippen LogP) is 2.31. The van der Waals surface area contributed by atoms with Crippen molar-refractivity contribution in [1.82, 2.24) is 20.3 Å². The van der Waals surface area contributed by atoms with Gasteiger partial charge in [-0.3, -0.25) is 9.78 Å². The maximum Gasteiger partial charge on any atom is 0.270 e. The van der Waals surface area contributed by atoms with E-state index in [-0.39, 0.29) is 5.91 Å². The zero-order valence-electron chi connectivity index (χ0n) is 16.6. The molecule has 7 nitrogen and oxygen atoms in total. The Labute approximate surface area is 174 Å². The first-order chi connectivity index (χ1) is 14.6. The minimum atomic E-state index is -0.839. The summed E-state index contributed by atoms with van der Waals surface area (Å²) in [6, 6.07) is 13.6. The maximum absolute atomic E-state index is 12.5. The average Bonchev–Trinajstić information content (AvgIpc) is 2.81. The third-order valence-corrected chi connectivity index (χ3v) is 5.98. The van der Waals surface area contributed by atoms with E-state index >= 15 is 0 Å². The largest absolute Gasteiger partial charge is 0.385 e. The number of piperidine rings is 1. The molecule has 1 saturated heterocycles. The van der Waals surface area contributed by atoms with Gasteiger partial charge in [-0.2, -0.15) is 0 Å². The third-order valence-electron chi connectivity index (χ3n) is 5.98. The van der Waals surface area contributed by atoms with E-state index in [4.69, 9.17) is 4.98 Å². The summed E-state index contributed by atoms with van der Waals surface area (Å²) in [6.45, 7) is 1.89. The molecule has 1 aromatic carbocycles. The second kappa shape index (κ2) is 7.50. The Balaban J connectivity index is 1.50. The molecular formula is C23H23N5O2. The lowest BCUT2D eigenvalue weighted by Gasteiger charge is -2.40. The number of anilines is 1. The van der Waals surface area contributed by atoms with E-state index in [0.29, 0.717) is 50.4 Å². The summed E-state index contributed by atoms with van der Waals surface area (Å²) in [6.07, 6.45) is 5.30. The van der Waals surface area contributed by atoms with Crippen LogP contribution in [0.25, 0.3) is 11.4 Å². The zero-order valence-corrected chi connectivity index (χ0v) is 16.6. The topological polar surface area (TPSA) is 91.2 Å². The van der Waals surface area contributed by atoms with Crippen molar-refractivity contribution in [3.05, 3.63) is 71.7 Å². The monoisotopic (exact) mass is 401 g/mol. The highest BCUT2D eigenvalue weighted by molar-refractivity contribution is 5.96. The Morgan fingerprint density at radius 2 is 1.83 bits per heavy atom. The molecule has 2 N–H and O–H groups in total. The average molecular weight is 401 g/mol. The first kappa shape index (κ1) is 18.7. The number of carbonyl (C=O) groups excluding carboxylic acids is 1. The molecule has 0 atom stereocenters. The van der Waals surface area contributed by atoms with Crippen LogP contribution in [-0.4, -0.2) is 45.6 Å². The minimum absolute atomic E-state index is 0.164. The van der Waals surface area contributed by atoms with Crippen LogP contribution in [0, 0.1) is 0 Å². The fraction of sp³-hybridized carbons (Fsp3) is 0.304. The molecular weight excluding hydrogens is 378 g/mol. The number of pyridine rings is 1. The maximum atomic E-state index is 12.5. The summed E-state index contributed by atoms with van der Waals surface area (Å²) in [5.41, 5.74) is 2.21. The second-order valence-corrected chi connectivity index (χ2v) is 7.83. The number of amides is 1. The van der Waals surface area contributed by atoms with Gasteiger partial charge in [0.05, 0.1) is 5.60 Å². The number of nitrogens with zero attached hydrogens (tertiary/aromatic N) is 4. The van der Waals surface area contributed by atoms with Crippen LogP contribution < -0.4 is 10.2 Å².